The summed E-state index contributed by atoms with van der Waals surface area (Å²) in [6.07, 6.45) is 2.80. The van der Waals surface area contributed by atoms with Crippen molar-refractivity contribution in [3.8, 4) is 0 Å². The van der Waals surface area contributed by atoms with Crippen molar-refractivity contribution in [1.29, 1.82) is 0 Å². The SMILES string of the molecule is CCNC(=NCCCSc1nccs1)N(C)CC(=O)NC(C)(C)C.I. The van der Waals surface area contributed by atoms with Crippen molar-refractivity contribution in [2.75, 3.05) is 32.4 Å². The number of rotatable bonds is 8. The van der Waals surface area contributed by atoms with E-state index in [1.54, 1.807) is 23.1 Å². The summed E-state index contributed by atoms with van der Waals surface area (Å²) >= 11 is 3.42. The maximum absolute atomic E-state index is 12.0. The predicted octanol–water partition coefficient (Wildman–Crippen LogP) is 3.06. The van der Waals surface area contributed by atoms with Crippen LogP contribution in [0.3, 0.4) is 0 Å². The van der Waals surface area contributed by atoms with Crippen LogP contribution in [0.5, 0.6) is 0 Å². The Kier molecular flexibility index (Phi) is 12.5. The zero-order chi connectivity index (χ0) is 18.0. The van der Waals surface area contributed by atoms with Gasteiger partial charge in [0.1, 0.15) is 4.34 Å². The number of nitrogens with zero attached hydrogens (tertiary/aromatic N) is 3. The van der Waals surface area contributed by atoms with Gasteiger partial charge in [-0.05, 0) is 34.1 Å². The molecule has 0 atom stereocenters. The number of hydrogen-bond acceptors (Lipinski definition) is 5. The topological polar surface area (TPSA) is 69.6 Å². The molecule has 1 aromatic rings. The number of carbonyl (C=O) groups is 1. The molecule has 2 N–H and O–H groups in total. The van der Waals surface area contributed by atoms with Gasteiger partial charge < -0.3 is 15.5 Å². The summed E-state index contributed by atoms with van der Waals surface area (Å²) < 4.78 is 1.10. The summed E-state index contributed by atoms with van der Waals surface area (Å²) in [6, 6.07) is 0. The first kappa shape index (κ1) is 24.5. The van der Waals surface area contributed by atoms with Crippen molar-refractivity contribution in [3.05, 3.63) is 11.6 Å². The Bertz CT molecular complexity index is 517. The molecule has 0 bridgehead atoms. The average Bonchev–Trinajstić information content (AvgIpc) is 2.96. The Hall–Kier alpha value is -0.550. The van der Waals surface area contributed by atoms with E-state index < -0.39 is 0 Å². The average molecular weight is 499 g/mol. The van der Waals surface area contributed by atoms with E-state index in [0.29, 0.717) is 0 Å². The largest absolute Gasteiger partial charge is 0.357 e. The van der Waals surface area contributed by atoms with E-state index in [0.717, 1.165) is 35.6 Å². The highest BCUT2D eigenvalue weighted by Crippen LogP contribution is 2.20. The molecule has 1 amide bonds. The van der Waals surface area contributed by atoms with Gasteiger partial charge in [-0.1, -0.05) is 11.8 Å². The molecular weight excluding hydrogens is 469 g/mol. The molecule has 0 saturated heterocycles. The van der Waals surface area contributed by atoms with Crippen molar-refractivity contribution >= 4 is 58.9 Å². The van der Waals surface area contributed by atoms with Crippen LogP contribution in [0, 0.1) is 0 Å². The summed E-state index contributed by atoms with van der Waals surface area (Å²) in [7, 11) is 1.88. The Labute approximate surface area is 176 Å². The lowest BCUT2D eigenvalue weighted by molar-refractivity contribution is -0.122. The molecule has 0 aromatic carbocycles. The molecule has 0 saturated carbocycles. The van der Waals surface area contributed by atoms with Crippen molar-refractivity contribution in [1.82, 2.24) is 20.5 Å². The highest BCUT2D eigenvalue weighted by atomic mass is 127. The molecule has 0 radical (unpaired) electrons. The van der Waals surface area contributed by atoms with Crippen LogP contribution in [0.2, 0.25) is 0 Å². The van der Waals surface area contributed by atoms with Gasteiger partial charge in [0.25, 0.3) is 0 Å². The van der Waals surface area contributed by atoms with Gasteiger partial charge in [0.05, 0.1) is 6.54 Å². The number of hydrogen-bond donors (Lipinski definition) is 2. The summed E-state index contributed by atoms with van der Waals surface area (Å²) in [5.74, 6) is 1.75. The standard InChI is InChI=1S/C16H29N5OS2.HI/c1-6-17-14(21(5)12-13(22)20-16(2,3)4)18-8-7-10-23-15-19-9-11-24-15;/h9,11H,6-8,10,12H2,1-5H3,(H,17,18)(H,20,22);1H. The van der Waals surface area contributed by atoms with Crippen LogP contribution in [-0.4, -0.2) is 59.7 Å². The van der Waals surface area contributed by atoms with E-state index >= 15 is 0 Å². The minimum Gasteiger partial charge on any atom is -0.357 e. The summed E-state index contributed by atoms with van der Waals surface area (Å²) in [4.78, 5) is 22.8. The van der Waals surface area contributed by atoms with Gasteiger partial charge in [0.2, 0.25) is 5.91 Å². The summed E-state index contributed by atoms with van der Waals surface area (Å²) in [6.45, 7) is 9.75. The molecule has 0 aliphatic rings. The molecule has 0 aliphatic carbocycles. The molecule has 6 nitrogen and oxygen atoms in total. The minimum atomic E-state index is -0.222. The molecule has 9 heteroatoms. The lowest BCUT2D eigenvalue weighted by Crippen LogP contribution is -2.48. The van der Waals surface area contributed by atoms with Crippen molar-refractivity contribution < 1.29 is 4.79 Å². The number of halogens is 1. The lowest BCUT2D eigenvalue weighted by atomic mass is 10.1. The zero-order valence-corrected chi connectivity index (χ0v) is 19.6. The second-order valence-electron chi connectivity index (χ2n) is 6.39. The highest BCUT2D eigenvalue weighted by molar-refractivity contribution is 14.0. The van der Waals surface area contributed by atoms with Gasteiger partial charge in [0.15, 0.2) is 5.96 Å². The number of guanidine groups is 1. The molecule has 25 heavy (non-hydrogen) atoms. The number of carbonyl (C=O) groups excluding carboxylic acids is 1. The third kappa shape index (κ3) is 11.6. The Morgan fingerprint density at radius 2 is 2.16 bits per heavy atom. The fourth-order valence-electron chi connectivity index (χ4n) is 1.91. The second kappa shape index (κ2) is 12.7. The normalized spacial score (nSPS) is 11.6. The van der Waals surface area contributed by atoms with E-state index in [1.165, 1.54) is 0 Å². The van der Waals surface area contributed by atoms with E-state index in [-0.39, 0.29) is 42.0 Å². The number of thioether (sulfide) groups is 1. The quantitative estimate of drug-likeness (QED) is 0.189. The number of aromatic nitrogens is 1. The molecular formula is C16H30IN5OS2. The van der Waals surface area contributed by atoms with Crippen molar-refractivity contribution in [2.45, 2.75) is 44.0 Å². The second-order valence-corrected chi connectivity index (χ2v) is 8.63. The van der Waals surface area contributed by atoms with Gasteiger partial charge in [-0.15, -0.1) is 35.3 Å². The summed E-state index contributed by atoms with van der Waals surface area (Å²) in [5, 5.41) is 8.19. The molecule has 1 aromatic heterocycles. The van der Waals surface area contributed by atoms with Crippen molar-refractivity contribution in [3.63, 3.8) is 0 Å². The van der Waals surface area contributed by atoms with Gasteiger partial charge in [-0.2, -0.15) is 0 Å². The van der Waals surface area contributed by atoms with Crippen LogP contribution >= 0.6 is 47.1 Å². The third-order valence-corrected chi connectivity index (χ3v) is 4.84. The van der Waals surface area contributed by atoms with Gasteiger partial charge in [0, 0.05) is 43.0 Å². The molecule has 0 spiro atoms. The van der Waals surface area contributed by atoms with Crippen molar-refractivity contribution in [2.24, 2.45) is 4.99 Å². The van der Waals surface area contributed by atoms with Gasteiger partial charge in [-0.25, -0.2) is 4.98 Å². The molecule has 1 rings (SSSR count). The van der Waals surface area contributed by atoms with Crippen LogP contribution in [0.15, 0.2) is 20.9 Å². The zero-order valence-electron chi connectivity index (χ0n) is 15.7. The van der Waals surface area contributed by atoms with Crippen LogP contribution in [0.1, 0.15) is 34.1 Å². The monoisotopic (exact) mass is 499 g/mol. The number of aliphatic imine (C=N–C) groups is 1. The Morgan fingerprint density at radius 1 is 1.44 bits per heavy atom. The number of likely N-dealkylation sites (N-methyl/N-ethyl adjacent to an activating group) is 1. The van der Waals surface area contributed by atoms with Crippen LogP contribution in [0.25, 0.3) is 0 Å². The first-order valence-corrected chi connectivity index (χ1v) is 10.0. The molecule has 0 fully saturated rings. The first-order valence-electron chi connectivity index (χ1n) is 8.14. The number of nitrogens with one attached hydrogen (secondary N) is 2. The molecule has 144 valence electrons. The number of thiazole rings is 1. The van der Waals surface area contributed by atoms with Crippen LogP contribution in [-0.2, 0) is 4.79 Å². The molecule has 0 unspecified atom stereocenters. The van der Waals surface area contributed by atoms with Crippen LogP contribution < -0.4 is 10.6 Å². The smallest absolute Gasteiger partial charge is 0.240 e. The number of amides is 1. The van der Waals surface area contributed by atoms with Gasteiger partial charge >= 0.3 is 0 Å². The maximum Gasteiger partial charge on any atom is 0.240 e. The van der Waals surface area contributed by atoms with Crippen LogP contribution in [0.4, 0.5) is 0 Å². The maximum atomic E-state index is 12.0. The Balaban J connectivity index is 0.00000576. The van der Waals surface area contributed by atoms with E-state index in [1.807, 2.05) is 51.2 Å². The van der Waals surface area contributed by atoms with E-state index in [9.17, 15) is 4.79 Å². The fourth-order valence-corrected chi connectivity index (χ4v) is 3.54. The predicted molar refractivity (Wildman–Crippen MR) is 119 cm³/mol. The first-order chi connectivity index (χ1) is 11.3. The third-order valence-electron chi connectivity index (χ3n) is 2.79. The lowest BCUT2D eigenvalue weighted by Gasteiger charge is -2.25. The molecule has 1 heterocycles. The Morgan fingerprint density at radius 3 is 2.72 bits per heavy atom. The minimum absolute atomic E-state index is 0. The van der Waals surface area contributed by atoms with E-state index in [2.05, 4.69) is 20.6 Å². The molecule has 0 aliphatic heterocycles. The van der Waals surface area contributed by atoms with Gasteiger partial charge in [-0.3, -0.25) is 9.79 Å². The summed E-state index contributed by atoms with van der Waals surface area (Å²) in [5.41, 5.74) is -0.222. The fraction of sp³-hybridized carbons (Fsp3) is 0.688. The van der Waals surface area contributed by atoms with E-state index in [4.69, 9.17) is 0 Å². The highest BCUT2D eigenvalue weighted by Gasteiger charge is 2.16.